The molecule has 3 N–H and O–H groups in total. The van der Waals surface area contributed by atoms with Gasteiger partial charge in [-0.1, -0.05) is 5.11 Å². The van der Waals surface area contributed by atoms with Crippen molar-refractivity contribution in [3.8, 4) is 16.9 Å². The van der Waals surface area contributed by atoms with Gasteiger partial charge in [-0.15, -0.1) is 0 Å². The van der Waals surface area contributed by atoms with Crippen molar-refractivity contribution in [2.75, 3.05) is 6.54 Å². The Kier molecular flexibility index (Phi) is 5.70. The van der Waals surface area contributed by atoms with E-state index in [-0.39, 0.29) is 12.1 Å². The normalized spacial score (nSPS) is 10.2. The predicted octanol–water partition coefficient (Wildman–Crippen LogP) is 2.21. The molecule has 0 aliphatic rings. The molecule has 140 valence electrons. The zero-order chi connectivity index (χ0) is 19.9. The van der Waals surface area contributed by atoms with Crippen molar-refractivity contribution in [2.24, 2.45) is 11.0 Å². The fourth-order valence-electron chi connectivity index (χ4n) is 2.57. The number of benzene rings is 1. The number of carbonyl (C=O) groups excluding carboxylic acids is 1. The van der Waals surface area contributed by atoms with Crippen molar-refractivity contribution >= 4 is 12.2 Å². The predicted molar refractivity (Wildman–Crippen MR) is 99.8 cm³/mol. The van der Waals surface area contributed by atoms with Crippen molar-refractivity contribution < 1.29 is 9.63 Å². The lowest BCUT2D eigenvalue weighted by Crippen LogP contribution is -2.12. The molecule has 0 aliphatic carbocycles. The second kappa shape index (κ2) is 8.54. The van der Waals surface area contributed by atoms with Gasteiger partial charge in [0.15, 0.2) is 0 Å². The van der Waals surface area contributed by atoms with E-state index >= 15 is 0 Å². The summed E-state index contributed by atoms with van der Waals surface area (Å²) in [5.74, 6) is 4.89. The smallest absolute Gasteiger partial charge is 0.356 e. The summed E-state index contributed by atoms with van der Waals surface area (Å²) in [5, 5.41) is 15.0. The van der Waals surface area contributed by atoms with Gasteiger partial charge in [-0.3, -0.25) is 4.98 Å². The summed E-state index contributed by atoms with van der Waals surface area (Å²) in [7, 11) is 0. The van der Waals surface area contributed by atoms with Gasteiger partial charge < -0.3 is 10.2 Å². The second-order valence-electron chi connectivity index (χ2n) is 5.59. The quantitative estimate of drug-likeness (QED) is 0.210. The standard InChI is InChI=1S/C17H15N9O2/c18-8-11-1-2-15(21-9-11)12-5-13(17(27)28-20)7-14(6-12)26-16(22-10-24-26)3-4-23-25-19/h1-2,5-10,18H,3-4,20H2. The SMILES string of the molecule is [N-]=[N+]=NCCc1ncnn1-c1cc(C(=O)ON)cc(-c2ccc(C=N)cn2)c1. The number of hydrogen-bond donors (Lipinski definition) is 2. The summed E-state index contributed by atoms with van der Waals surface area (Å²) >= 11 is 0. The molecule has 0 saturated heterocycles. The molecule has 28 heavy (non-hydrogen) atoms. The molecule has 0 atom stereocenters. The molecule has 2 heterocycles. The van der Waals surface area contributed by atoms with Crippen LogP contribution in [0.25, 0.3) is 27.4 Å². The minimum absolute atomic E-state index is 0.212. The van der Waals surface area contributed by atoms with Gasteiger partial charge in [0.05, 0.1) is 16.9 Å². The van der Waals surface area contributed by atoms with Crippen LogP contribution >= 0.6 is 0 Å². The number of carbonyl (C=O) groups is 1. The molecule has 3 rings (SSSR count). The average molecular weight is 377 g/mol. The molecule has 0 amide bonds. The molecule has 0 spiro atoms. The van der Waals surface area contributed by atoms with Gasteiger partial charge in [0, 0.05) is 41.4 Å². The number of pyridine rings is 1. The van der Waals surface area contributed by atoms with E-state index in [1.54, 1.807) is 36.5 Å². The Morgan fingerprint density at radius 3 is 2.89 bits per heavy atom. The van der Waals surface area contributed by atoms with Crippen LogP contribution in [0.4, 0.5) is 0 Å². The third-order valence-corrected chi connectivity index (χ3v) is 3.87. The van der Waals surface area contributed by atoms with E-state index in [9.17, 15) is 4.79 Å². The van der Waals surface area contributed by atoms with Crippen LogP contribution in [0.5, 0.6) is 0 Å². The lowest BCUT2D eigenvalue weighted by Gasteiger charge is -2.10. The first-order valence-electron chi connectivity index (χ1n) is 8.09. The molecule has 0 fully saturated rings. The molecule has 0 bridgehead atoms. The maximum absolute atomic E-state index is 12.0. The molecule has 0 aliphatic heterocycles. The first-order valence-corrected chi connectivity index (χ1v) is 8.09. The lowest BCUT2D eigenvalue weighted by molar-refractivity contribution is 0.0503. The Hall–Kier alpha value is -4.08. The van der Waals surface area contributed by atoms with Gasteiger partial charge >= 0.3 is 5.97 Å². The van der Waals surface area contributed by atoms with Gasteiger partial charge in [-0.25, -0.2) is 14.5 Å². The molecule has 3 aromatic rings. The number of nitrogens with two attached hydrogens (primary N) is 1. The highest BCUT2D eigenvalue weighted by Gasteiger charge is 2.15. The lowest BCUT2D eigenvalue weighted by atomic mass is 10.1. The molecule has 1 aromatic carbocycles. The first kappa shape index (κ1) is 18.7. The molecule has 0 saturated carbocycles. The molecule has 0 unspecified atom stereocenters. The number of rotatable bonds is 7. The Bertz CT molecular complexity index is 1050. The van der Waals surface area contributed by atoms with Gasteiger partial charge in [0.25, 0.3) is 0 Å². The highest BCUT2D eigenvalue weighted by molar-refractivity contribution is 5.91. The fourth-order valence-corrected chi connectivity index (χ4v) is 2.57. The second-order valence-corrected chi connectivity index (χ2v) is 5.59. The number of azide groups is 1. The summed E-state index contributed by atoms with van der Waals surface area (Å²) in [6.45, 7) is 0.221. The van der Waals surface area contributed by atoms with Crippen LogP contribution in [-0.4, -0.2) is 38.5 Å². The van der Waals surface area contributed by atoms with Gasteiger partial charge in [-0.2, -0.15) is 11.0 Å². The van der Waals surface area contributed by atoms with E-state index in [4.69, 9.17) is 16.8 Å². The summed E-state index contributed by atoms with van der Waals surface area (Å²) in [5.41, 5.74) is 11.1. The maximum atomic E-state index is 12.0. The van der Waals surface area contributed by atoms with E-state index in [1.807, 2.05) is 0 Å². The van der Waals surface area contributed by atoms with Gasteiger partial charge in [-0.05, 0) is 35.9 Å². The number of nitrogens with zero attached hydrogens (tertiary/aromatic N) is 7. The van der Waals surface area contributed by atoms with Crippen LogP contribution in [0.15, 0.2) is 48.0 Å². The molecule has 11 heteroatoms. The topological polar surface area (TPSA) is 169 Å². The van der Waals surface area contributed by atoms with Crippen LogP contribution in [0, 0.1) is 5.41 Å². The summed E-state index contributed by atoms with van der Waals surface area (Å²) in [6, 6.07) is 8.42. The molecule has 2 aromatic heterocycles. The van der Waals surface area contributed by atoms with E-state index in [1.165, 1.54) is 17.2 Å². The minimum atomic E-state index is -0.713. The van der Waals surface area contributed by atoms with Crippen LogP contribution in [0.3, 0.4) is 0 Å². The van der Waals surface area contributed by atoms with E-state index in [0.29, 0.717) is 34.8 Å². The van der Waals surface area contributed by atoms with Crippen LogP contribution in [-0.2, 0) is 11.3 Å². The highest BCUT2D eigenvalue weighted by atomic mass is 16.7. The van der Waals surface area contributed by atoms with Crippen LogP contribution in [0.1, 0.15) is 21.7 Å². The first-order chi connectivity index (χ1) is 13.7. The molecular formula is C17H15N9O2. The van der Waals surface area contributed by atoms with Crippen molar-refractivity contribution in [3.05, 3.63) is 70.3 Å². The molecule has 0 radical (unpaired) electrons. The zero-order valence-electron chi connectivity index (χ0n) is 14.6. The molecular weight excluding hydrogens is 362 g/mol. The van der Waals surface area contributed by atoms with Crippen molar-refractivity contribution in [2.45, 2.75) is 6.42 Å². The van der Waals surface area contributed by atoms with Crippen molar-refractivity contribution in [3.63, 3.8) is 0 Å². The third-order valence-electron chi connectivity index (χ3n) is 3.87. The number of aromatic nitrogens is 4. The zero-order valence-corrected chi connectivity index (χ0v) is 14.6. The Morgan fingerprint density at radius 1 is 1.36 bits per heavy atom. The molecule has 11 nitrogen and oxygen atoms in total. The van der Waals surface area contributed by atoms with Crippen LogP contribution < -0.4 is 5.90 Å². The number of nitrogens with one attached hydrogen (secondary N) is 1. The van der Waals surface area contributed by atoms with Gasteiger partial charge in [0.2, 0.25) is 0 Å². The summed E-state index contributed by atoms with van der Waals surface area (Å²) < 4.78 is 1.54. The van der Waals surface area contributed by atoms with E-state index < -0.39 is 5.97 Å². The Labute approximate surface area is 158 Å². The fraction of sp³-hybridized carbons (Fsp3) is 0.118. The third kappa shape index (κ3) is 4.01. The minimum Gasteiger partial charge on any atom is -0.370 e. The van der Waals surface area contributed by atoms with E-state index in [0.717, 1.165) is 0 Å². The summed E-state index contributed by atoms with van der Waals surface area (Å²) in [6.07, 6.45) is 4.49. The summed E-state index contributed by atoms with van der Waals surface area (Å²) in [4.78, 5) is 27.6. The van der Waals surface area contributed by atoms with Crippen molar-refractivity contribution in [1.29, 1.82) is 5.41 Å². The average Bonchev–Trinajstić information content (AvgIpc) is 3.21. The monoisotopic (exact) mass is 377 g/mol. The van der Waals surface area contributed by atoms with E-state index in [2.05, 4.69) is 29.9 Å². The maximum Gasteiger partial charge on any atom is 0.356 e. The van der Waals surface area contributed by atoms with Gasteiger partial charge in [0.1, 0.15) is 12.2 Å². The number of hydrogen-bond acceptors (Lipinski definition) is 8. The highest BCUT2D eigenvalue weighted by Crippen LogP contribution is 2.24. The van der Waals surface area contributed by atoms with Crippen molar-refractivity contribution in [1.82, 2.24) is 19.7 Å². The Balaban J connectivity index is 2.08. The Morgan fingerprint density at radius 2 is 2.21 bits per heavy atom. The van der Waals surface area contributed by atoms with Crippen LogP contribution in [0.2, 0.25) is 0 Å². The largest absolute Gasteiger partial charge is 0.370 e.